The van der Waals surface area contributed by atoms with Crippen molar-refractivity contribution in [3.05, 3.63) is 28.2 Å². The summed E-state index contributed by atoms with van der Waals surface area (Å²) >= 11 is 3.69. The first kappa shape index (κ1) is 18.2. The van der Waals surface area contributed by atoms with Gasteiger partial charge in [-0.25, -0.2) is 0 Å². The molecule has 0 amide bonds. The predicted octanol–water partition coefficient (Wildman–Crippen LogP) is 3.24. The van der Waals surface area contributed by atoms with Crippen molar-refractivity contribution in [2.75, 3.05) is 18.5 Å². The van der Waals surface area contributed by atoms with E-state index >= 15 is 0 Å². The fourth-order valence-corrected chi connectivity index (χ4v) is 9.60. The molecule has 1 aromatic rings. The summed E-state index contributed by atoms with van der Waals surface area (Å²) in [4.78, 5) is 2.47. The summed E-state index contributed by atoms with van der Waals surface area (Å²) in [5.41, 5.74) is 2.47. The molecule has 1 spiro atoms. The number of anilines is 1. The molecule has 0 radical (unpaired) electrons. The second-order valence-electron chi connectivity index (χ2n) is 10.2. The van der Waals surface area contributed by atoms with E-state index in [1.165, 1.54) is 17.7 Å². The van der Waals surface area contributed by atoms with E-state index in [0.717, 1.165) is 34.8 Å². The Balaban J connectivity index is 1.62. The first-order chi connectivity index (χ1) is 13.4. The molecule has 5 heterocycles. The number of halogens is 1. The lowest BCUT2D eigenvalue weighted by molar-refractivity contribution is -1.04. The first-order valence-corrected chi connectivity index (χ1v) is 12.0. The van der Waals surface area contributed by atoms with E-state index < -0.39 is 0 Å². The molecule has 6 aliphatic rings. The van der Waals surface area contributed by atoms with Crippen molar-refractivity contribution < 1.29 is 14.7 Å². The minimum Gasteiger partial charge on any atom is -0.392 e. The molecule has 28 heavy (non-hydrogen) atoms. The van der Waals surface area contributed by atoms with Gasteiger partial charge in [0.25, 0.3) is 0 Å². The number of rotatable bonds is 3. The number of fused-ring (bicyclic) bond motifs is 2. The Kier molecular flexibility index (Phi) is 3.60. The third-order valence-electron chi connectivity index (χ3n) is 9.78. The van der Waals surface area contributed by atoms with Crippen molar-refractivity contribution in [2.24, 2.45) is 17.8 Å². The van der Waals surface area contributed by atoms with Gasteiger partial charge in [0.2, 0.25) is 0 Å². The van der Waals surface area contributed by atoms with Crippen LogP contribution in [0.3, 0.4) is 0 Å². The molecule has 5 aliphatic heterocycles. The zero-order valence-electron chi connectivity index (χ0n) is 17.1. The Morgan fingerprint density at radius 1 is 1.25 bits per heavy atom. The Hall–Kier alpha value is -0.620. The lowest BCUT2D eigenvalue weighted by Crippen LogP contribution is -2.83. The van der Waals surface area contributed by atoms with E-state index in [2.05, 4.69) is 59.9 Å². The molecular formula is C23H32BrN2O2+. The molecule has 10 atom stereocenters. The van der Waals surface area contributed by atoms with Gasteiger partial charge in [-0.05, 0) is 42.5 Å². The summed E-state index contributed by atoms with van der Waals surface area (Å²) in [5.74, 6) is 1.13. The smallest absolute Gasteiger partial charge is 0.194 e. The Morgan fingerprint density at radius 3 is 2.75 bits per heavy atom. The van der Waals surface area contributed by atoms with Crippen LogP contribution in [0.4, 0.5) is 5.69 Å². The molecule has 5 bridgehead atoms. The van der Waals surface area contributed by atoms with Crippen molar-refractivity contribution in [3.63, 3.8) is 0 Å². The average Bonchev–Trinajstić information content (AvgIpc) is 3.05. The molecule has 4 unspecified atom stereocenters. The highest BCUT2D eigenvalue weighted by Crippen LogP contribution is 2.71. The van der Waals surface area contributed by atoms with Gasteiger partial charge in [0.15, 0.2) is 6.23 Å². The number of piperidine rings is 4. The molecule has 4 nitrogen and oxygen atoms in total. The van der Waals surface area contributed by atoms with Crippen LogP contribution in [0.1, 0.15) is 45.1 Å². The summed E-state index contributed by atoms with van der Waals surface area (Å²) in [5, 5.41) is 23.7. The minimum absolute atomic E-state index is 0.166. The number of benzene rings is 1. The maximum absolute atomic E-state index is 12.0. The number of aliphatic hydroxyl groups is 2. The molecule has 7 rings (SSSR count). The largest absolute Gasteiger partial charge is 0.392 e. The summed E-state index contributed by atoms with van der Waals surface area (Å²) < 4.78 is 1.97. The molecule has 2 N–H and O–H groups in total. The lowest BCUT2D eigenvalue weighted by atomic mass is 9.60. The molecule has 0 aromatic heterocycles. The maximum Gasteiger partial charge on any atom is 0.194 e. The number of likely N-dealkylation sites (N-methyl/N-ethyl adjacent to an activating group) is 1. The Labute approximate surface area is 176 Å². The van der Waals surface area contributed by atoms with Gasteiger partial charge in [-0.3, -0.25) is 4.48 Å². The number of hydrogen-bond acceptors (Lipinski definition) is 3. The summed E-state index contributed by atoms with van der Waals surface area (Å²) in [6.07, 6.45) is 3.75. The predicted molar refractivity (Wildman–Crippen MR) is 113 cm³/mol. The zero-order chi connectivity index (χ0) is 19.6. The third-order valence-corrected chi connectivity index (χ3v) is 10.3. The lowest BCUT2D eigenvalue weighted by Gasteiger charge is -2.68. The van der Waals surface area contributed by atoms with Crippen molar-refractivity contribution in [3.8, 4) is 0 Å². The fraction of sp³-hybridized carbons (Fsp3) is 0.739. The van der Waals surface area contributed by atoms with E-state index in [-0.39, 0.29) is 23.8 Å². The summed E-state index contributed by atoms with van der Waals surface area (Å²) in [7, 11) is 2.23. The first-order valence-electron chi connectivity index (χ1n) is 11.2. The van der Waals surface area contributed by atoms with Gasteiger partial charge >= 0.3 is 0 Å². The number of nitrogens with zero attached hydrogens (tertiary/aromatic N) is 2. The van der Waals surface area contributed by atoms with Gasteiger partial charge in [0.05, 0.1) is 30.1 Å². The molecule has 4 saturated heterocycles. The second-order valence-corrected chi connectivity index (χ2v) is 11.1. The third kappa shape index (κ3) is 1.66. The summed E-state index contributed by atoms with van der Waals surface area (Å²) in [6.45, 7) is 5.54. The highest BCUT2D eigenvalue weighted by molar-refractivity contribution is 9.10. The maximum atomic E-state index is 12.0. The number of quaternary nitrogens is 1. The van der Waals surface area contributed by atoms with E-state index in [1.807, 2.05) is 0 Å². The van der Waals surface area contributed by atoms with Gasteiger partial charge in [0, 0.05) is 41.9 Å². The van der Waals surface area contributed by atoms with Crippen LogP contribution in [0.25, 0.3) is 0 Å². The average molecular weight is 448 g/mol. The van der Waals surface area contributed by atoms with Crippen LogP contribution in [-0.2, 0) is 5.41 Å². The molecular weight excluding hydrogens is 416 g/mol. The van der Waals surface area contributed by atoms with Gasteiger partial charge in [-0.1, -0.05) is 29.8 Å². The van der Waals surface area contributed by atoms with Crippen molar-refractivity contribution in [1.29, 1.82) is 0 Å². The van der Waals surface area contributed by atoms with Crippen molar-refractivity contribution >= 4 is 21.6 Å². The van der Waals surface area contributed by atoms with Crippen LogP contribution < -0.4 is 4.90 Å². The van der Waals surface area contributed by atoms with E-state index in [0.29, 0.717) is 29.8 Å². The molecule has 1 saturated carbocycles. The normalized spacial score (nSPS) is 52.3. The number of hydrogen-bond donors (Lipinski definition) is 2. The van der Waals surface area contributed by atoms with Crippen LogP contribution in [0, 0.1) is 17.8 Å². The van der Waals surface area contributed by atoms with E-state index in [4.69, 9.17) is 0 Å². The van der Waals surface area contributed by atoms with Crippen molar-refractivity contribution in [2.45, 2.75) is 75.4 Å². The van der Waals surface area contributed by atoms with Gasteiger partial charge in [-0.2, -0.15) is 0 Å². The SMILES string of the molecule is CCC[N+]12[C@H]3CC45c6cc(Br)ccc6N(C)[C@H]4[C@@H]1CC(C3[C@H]5O)[C@@H](CC)[C@@H]2O. The fourth-order valence-electron chi connectivity index (χ4n) is 9.24. The molecule has 5 fully saturated rings. The molecule has 1 aromatic carbocycles. The quantitative estimate of drug-likeness (QED) is 0.698. The van der Waals surface area contributed by atoms with Gasteiger partial charge in [0.1, 0.15) is 6.04 Å². The Morgan fingerprint density at radius 2 is 2.04 bits per heavy atom. The Bertz CT molecular complexity index is 848. The van der Waals surface area contributed by atoms with Crippen LogP contribution in [0.2, 0.25) is 0 Å². The van der Waals surface area contributed by atoms with Gasteiger partial charge < -0.3 is 15.1 Å². The van der Waals surface area contributed by atoms with Crippen LogP contribution in [0.15, 0.2) is 22.7 Å². The molecule has 5 heteroatoms. The molecule has 1 aliphatic carbocycles. The highest BCUT2D eigenvalue weighted by atomic mass is 79.9. The monoisotopic (exact) mass is 447 g/mol. The zero-order valence-corrected chi connectivity index (χ0v) is 18.6. The highest BCUT2D eigenvalue weighted by Gasteiger charge is 2.82. The van der Waals surface area contributed by atoms with E-state index in [9.17, 15) is 10.2 Å². The standard InChI is InChI=1S/C23H32BrN2O2/c1-4-8-26-17-10-14(13(5-2)22(26)28)19-18(26)11-23(21(19)27)15-9-12(24)6-7-16(15)25(3)20(17)23/h6-7,9,13-14,17-22,27-28H,4-5,8,10-11H2,1-3H3/q+1/t13-,14?,17+,18+,19?,20+,21-,22+,23?,26?/m1/s1. The van der Waals surface area contributed by atoms with Crippen molar-refractivity contribution in [1.82, 2.24) is 0 Å². The van der Waals surface area contributed by atoms with Crippen LogP contribution >= 0.6 is 15.9 Å². The van der Waals surface area contributed by atoms with E-state index in [1.54, 1.807) is 0 Å². The minimum atomic E-state index is -0.297. The van der Waals surface area contributed by atoms with Crippen LogP contribution in [-0.4, -0.2) is 58.7 Å². The summed E-state index contributed by atoms with van der Waals surface area (Å²) in [6, 6.07) is 7.75. The number of aliphatic hydroxyl groups excluding tert-OH is 2. The van der Waals surface area contributed by atoms with Crippen LogP contribution in [0.5, 0.6) is 0 Å². The van der Waals surface area contributed by atoms with Gasteiger partial charge in [-0.15, -0.1) is 0 Å². The molecule has 152 valence electrons. The second kappa shape index (κ2) is 5.54. The topological polar surface area (TPSA) is 43.7 Å².